The summed E-state index contributed by atoms with van der Waals surface area (Å²) in [6, 6.07) is -0.286. The van der Waals surface area contributed by atoms with Crippen LogP contribution in [-0.4, -0.2) is 66.2 Å². The third-order valence-electron chi connectivity index (χ3n) is 3.36. The molecule has 0 aliphatic carbocycles. The van der Waals surface area contributed by atoms with Gasteiger partial charge in [0.15, 0.2) is 0 Å². The molecule has 1 aliphatic rings. The van der Waals surface area contributed by atoms with Crippen LogP contribution in [0.2, 0.25) is 0 Å². The summed E-state index contributed by atoms with van der Waals surface area (Å²) < 4.78 is 0. The van der Waals surface area contributed by atoms with E-state index < -0.39 is 5.60 Å². The van der Waals surface area contributed by atoms with Crippen molar-refractivity contribution in [2.45, 2.75) is 31.8 Å². The van der Waals surface area contributed by atoms with E-state index in [1.165, 1.54) is 4.90 Å². The summed E-state index contributed by atoms with van der Waals surface area (Å²) in [6.45, 7) is 2.91. The number of β-amino-alcohol motifs (C(OH)–C–C–N with tert-alkyl or cyclic N) is 1. The number of piperidine rings is 1. The molecular weight excluding hydrogens is 234 g/mol. The van der Waals surface area contributed by atoms with E-state index in [1.807, 2.05) is 6.92 Å². The summed E-state index contributed by atoms with van der Waals surface area (Å²) in [5.74, 6) is -0.142. The summed E-state index contributed by atoms with van der Waals surface area (Å²) in [5.41, 5.74) is -0.764. The second-order valence-corrected chi connectivity index (χ2v) is 5.05. The monoisotopic (exact) mass is 257 g/mol. The molecular formula is C12H23N3O3. The maximum atomic E-state index is 11.9. The topological polar surface area (TPSA) is 72.9 Å². The summed E-state index contributed by atoms with van der Waals surface area (Å²) >= 11 is 0. The van der Waals surface area contributed by atoms with E-state index in [9.17, 15) is 14.7 Å². The highest BCUT2D eigenvalue weighted by Gasteiger charge is 2.33. The minimum atomic E-state index is -0.764. The second-order valence-electron chi connectivity index (χ2n) is 5.05. The van der Waals surface area contributed by atoms with Crippen LogP contribution in [0.3, 0.4) is 0 Å². The first-order valence-corrected chi connectivity index (χ1v) is 6.33. The number of carbonyl (C=O) groups is 2. The number of hydrogen-bond acceptors (Lipinski definition) is 3. The number of aliphatic hydroxyl groups is 1. The van der Waals surface area contributed by atoms with Crippen molar-refractivity contribution in [3.05, 3.63) is 0 Å². The Morgan fingerprint density at radius 1 is 1.44 bits per heavy atom. The zero-order chi connectivity index (χ0) is 13.8. The van der Waals surface area contributed by atoms with Gasteiger partial charge in [0.2, 0.25) is 5.91 Å². The van der Waals surface area contributed by atoms with Crippen molar-refractivity contribution < 1.29 is 14.7 Å². The molecule has 0 spiro atoms. The fourth-order valence-electron chi connectivity index (χ4n) is 2.03. The molecule has 1 atom stereocenters. The summed E-state index contributed by atoms with van der Waals surface area (Å²) in [7, 11) is 3.24. The van der Waals surface area contributed by atoms with E-state index in [-0.39, 0.29) is 18.5 Å². The van der Waals surface area contributed by atoms with Gasteiger partial charge in [-0.05, 0) is 19.3 Å². The van der Waals surface area contributed by atoms with E-state index in [2.05, 4.69) is 5.32 Å². The minimum absolute atomic E-state index is 0.0171. The van der Waals surface area contributed by atoms with Crippen molar-refractivity contribution >= 4 is 11.9 Å². The van der Waals surface area contributed by atoms with Gasteiger partial charge < -0.3 is 20.2 Å². The summed E-state index contributed by atoms with van der Waals surface area (Å²) in [5, 5.41) is 12.7. The van der Waals surface area contributed by atoms with Crippen LogP contribution in [0.5, 0.6) is 0 Å². The number of amides is 3. The molecule has 0 saturated carbocycles. The van der Waals surface area contributed by atoms with Crippen molar-refractivity contribution in [3.8, 4) is 0 Å². The molecule has 6 heteroatoms. The van der Waals surface area contributed by atoms with Crippen LogP contribution in [-0.2, 0) is 4.79 Å². The molecule has 0 aromatic heterocycles. The molecule has 18 heavy (non-hydrogen) atoms. The van der Waals surface area contributed by atoms with Gasteiger partial charge in [0.1, 0.15) is 0 Å². The zero-order valence-electron chi connectivity index (χ0n) is 11.4. The molecule has 1 rings (SSSR count). The number of nitrogens with zero attached hydrogens (tertiary/aromatic N) is 2. The van der Waals surface area contributed by atoms with Gasteiger partial charge in [-0.25, -0.2) is 4.79 Å². The number of likely N-dealkylation sites (tertiary alicyclic amines) is 1. The van der Waals surface area contributed by atoms with Crippen LogP contribution in [0.1, 0.15) is 26.2 Å². The van der Waals surface area contributed by atoms with Gasteiger partial charge in [-0.3, -0.25) is 4.79 Å². The highest BCUT2D eigenvalue weighted by molar-refractivity contribution is 5.83. The van der Waals surface area contributed by atoms with Crippen LogP contribution in [0.25, 0.3) is 0 Å². The van der Waals surface area contributed by atoms with E-state index in [4.69, 9.17) is 0 Å². The Morgan fingerprint density at radius 2 is 2.11 bits per heavy atom. The van der Waals surface area contributed by atoms with E-state index in [1.54, 1.807) is 19.0 Å². The predicted molar refractivity (Wildman–Crippen MR) is 68.1 cm³/mol. The smallest absolute Gasteiger partial charge is 0.317 e. The lowest BCUT2D eigenvalue weighted by atomic mass is 9.90. The number of urea groups is 1. The molecule has 1 fully saturated rings. The molecule has 6 nitrogen and oxygen atoms in total. The molecule has 104 valence electrons. The van der Waals surface area contributed by atoms with E-state index >= 15 is 0 Å². The zero-order valence-corrected chi connectivity index (χ0v) is 11.4. The average molecular weight is 257 g/mol. The van der Waals surface area contributed by atoms with E-state index in [0.29, 0.717) is 19.5 Å². The lowest BCUT2D eigenvalue weighted by molar-refractivity contribution is -0.137. The Hall–Kier alpha value is -1.30. The van der Waals surface area contributed by atoms with Gasteiger partial charge in [-0.2, -0.15) is 0 Å². The molecule has 0 aromatic rings. The van der Waals surface area contributed by atoms with Crippen LogP contribution in [0, 0.1) is 0 Å². The minimum Gasteiger partial charge on any atom is -0.388 e. The Balaban J connectivity index is 2.44. The van der Waals surface area contributed by atoms with Crippen molar-refractivity contribution in [1.82, 2.24) is 15.1 Å². The SMILES string of the molecule is CCC1(O)CCCN(C(=O)CNC(=O)N(C)C)C1. The molecule has 1 aliphatic heterocycles. The molecule has 2 N–H and O–H groups in total. The normalized spacial score (nSPS) is 23.7. The lowest BCUT2D eigenvalue weighted by Crippen LogP contribution is -2.52. The number of rotatable bonds is 3. The largest absolute Gasteiger partial charge is 0.388 e. The van der Waals surface area contributed by atoms with Crippen LogP contribution in [0.15, 0.2) is 0 Å². The van der Waals surface area contributed by atoms with Gasteiger partial charge >= 0.3 is 6.03 Å². The molecule has 3 amide bonds. The first kappa shape index (κ1) is 14.8. The molecule has 1 saturated heterocycles. The Morgan fingerprint density at radius 3 is 2.67 bits per heavy atom. The molecule has 0 bridgehead atoms. The first-order chi connectivity index (χ1) is 8.38. The van der Waals surface area contributed by atoms with Crippen molar-refractivity contribution in [1.29, 1.82) is 0 Å². The highest BCUT2D eigenvalue weighted by Crippen LogP contribution is 2.23. The average Bonchev–Trinajstić information content (AvgIpc) is 2.35. The quantitative estimate of drug-likeness (QED) is 0.748. The fourth-order valence-corrected chi connectivity index (χ4v) is 2.03. The Kier molecular flexibility index (Phi) is 4.95. The Bertz CT molecular complexity index is 320. The molecule has 0 aromatic carbocycles. The molecule has 1 heterocycles. The number of carbonyl (C=O) groups excluding carboxylic acids is 2. The van der Waals surface area contributed by atoms with Crippen LogP contribution < -0.4 is 5.32 Å². The summed E-state index contributed by atoms with van der Waals surface area (Å²) in [4.78, 5) is 26.2. The summed E-state index contributed by atoms with van der Waals surface area (Å²) in [6.07, 6.45) is 2.18. The standard InChI is InChI=1S/C12H23N3O3/c1-4-12(18)6-5-7-15(9-12)10(16)8-13-11(17)14(2)3/h18H,4-9H2,1-3H3,(H,13,17). The lowest BCUT2D eigenvalue weighted by Gasteiger charge is -2.38. The van der Waals surface area contributed by atoms with Crippen LogP contribution >= 0.6 is 0 Å². The van der Waals surface area contributed by atoms with Gasteiger partial charge in [0.25, 0.3) is 0 Å². The maximum Gasteiger partial charge on any atom is 0.317 e. The highest BCUT2D eigenvalue weighted by atomic mass is 16.3. The van der Waals surface area contributed by atoms with Gasteiger partial charge in [0.05, 0.1) is 12.1 Å². The van der Waals surface area contributed by atoms with Gasteiger partial charge in [-0.1, -0.05) is 6.92 Å². The second kappa shape index (κ2) is 6.04. The predicted octanol–water partition coefficient (Wildman–Crippen LogP) is 0.0211. The number of hydrogen-bond donors (Lipinski definition) is 2. The number of nitrogens with one attached hydrogen (secondary N) is 1. The molecule has 0 radical (unpaired) electrons. The van der Waals surface area contributed by atoms with Crippen molar-refractivity contribution in [3.63, 3.8) is 0 Å². The third-order valence-corrected chi connectivity index (χ3v) is 3.36. The van der Waals surface area contributed by atoms with Crippen molar-refractivity contribution in [2.75, 3.05) is 33.7 Å². The first-order valence-electron chi connectivity index (χ1n) is 6.33. The fraction of sp³-hybridized carbons (Fsp3) is 0.833. The Labute approximate surface area is 108 Å². The maximum absolute atomic E-state index is 11.9. The van der Waals surface area contributed by atoms with E-state index in [0.717, 1.165) is 12.8 Å². The molecule has 1 unspecified atom stereocenters. The van der Waals surface area contributed by atoms with Crippen LogP contribution in [0.4, 0.5) is 4.79 Å². The van der Waals surface area contributed by atoms with Gasteiger partial charge in [-0.15, -0.1) is 0 Å². The van der Waals surface area contributed by atoms with Gasteiger partial charge in [0, 0.05) is 27.2 Å². The third kappa shape index (κ3) is 3.87. The van der Waals surface area contributed by atoms with Crippen molar-refractivity contribution in [2.24, 2.45) is 0 Å².